The second-order valence-corrected chi connectivity index (χ2v) is 5.52. The molecule has 0 saturated carbocycles. The van der Waals surface area contributed by atoms with Crippen LogP contribution in [-0.2, 0) is 5.92 Å². The molecule has 0 aromatic heterocycles. The van der Waals surface area contributed by atoms with Crippen LogP contribution in [0, 0.1) is 0 Å². The molecule has 3 nitrogen and oxygen atoms in total. The topological polar surface area (TPSA) is 30.5 Å². The highest BCUT2D eigenvalue weighted by atomic mass is 19.3. The molecular formula is C15H19F2NO2. The standard InChI is InChI=1S/C15H19F2NO2/c1-15(16,17)11-7-12(10-3-2-4-18-9-10)14-13(8-11)19-5-6-20-14/h7-8,10,18H,2-6,9H2,1H3. The van der Waals surface area contributed by atoms with Crippen molar-refractivity contribution in [2.24, 2.45) is 0 Å². The zero-order valence-electron chi connectivity index (χ0n) is 11.5. The molecule has 1 fully saturated rings. The normalized spacial score (nSPS) is 22.6. The van der Waals surface area contributed by atoms with Gasteiger partial charge in [0.2, 0.25) is 0 Å². The average molecular weight is 283 g/mol. The Bertz CT molecular complexity index is 493. The number of nitrogens with one attached hydrogen (secondary N) is 1. The number of benzene rings is 1. The van der Waals surface area contributed by atoms with Gasteiger partial charge in [0.1, 0.15) is 13.2 Å². The van der Waals surface area contributed by atoms with E-state index in [0.717, 1.165) is 38.4 Å². The third-order valence-corrected chi connectivity index (χ3v) is 3.91. The van der Waals surface area contributed by atoms with Crippen molar-refractivity contribution < 1.29 is 18.3 Å². The summed E-state index contributed by atoms with van der Waals surface area (Å²) in [5.41, 5.74) is 0.855. The minimum Gasteiger partial charge on any atom is -0.486 e. The maximum absolute atomic E-state index is 13.7. The van der Waals surface area contributed by atoms with Crippen LogP contribution in [0.1, 0.15) is 36.8 Å². The summed E-state index contributed by atoms with van der Waals surface area (Å²) in [5.74, 6) is -1.55. The van der Waals surface area contributed by atoms with Gasteiger partial charge < -0.3 is 14.8 Å². The summed E-state index contributed by atoms with van der Waals surface area (Å²) in [6.45, 7) is 3.59. The lowest BCUT2D eigenvalue weighted by Gasteiger charge is -2.29. The molecule has 0 radical (unpaired) electrons. The average Bonchev–Trinajstić information content (AvgIpc) is 2.46. The van der Waals surface area contributed by atoms with Gasteiger partial charge in [-0.25, -0.2) is 8.78 Å². The van der Waals surface area contributed by atoms with Crippen LogP contribution < -0.4 is 14.8 Å². The lowest BCUT2D eigenvalue weighted by atomic mass is 9.88. The first kappa shape index (κ1) is 13.6. The van der Waals surface area contributed by atoms with Crippen molar-refractivity contribution in [3.05, 3.63) is 23.3 Å². The second-order valence-electron chi connectivity index (χ2n) is 5.52. The van der Waals surface area contributed by atoms with Crippen molar-refractivity contribution in [1.29, 1.82) is 0 Å². The Morgan fingerprint density at radius 3 is 2.75 bits per heavy atom. The summed E-state index contributed by atoms with van der Waals surface area (Å²) in [7, 11) is 0. The number of halogens is 2. The van der Waals surface area contributed by atoms with Gasteiger partial charge >= 0.3 is 0 Å². The Balaban J connectivity index is 2.05. The number of rotatable bonds is 2. The number of fused-ring (bicyclic) bond motifs is 1. The van der Waals surface area contributed by atoms with Crippen molar-refractivity contribution in [3.8, 4) is 11.5 Å². The van der Waals surface area contributed by atoms with E-state index in [1.807, 2.05) is 0 Å². The van der Waals surface area contributed by atoms with Crippen LogP contribution in [0.4, 0.5) is 8.78 Å². The van der Waals surface area contributed by atoms with Crippen LogP contribution in [0.5, 0.6) is 11.5 Å². The molecule has 1 N–H and O–H groups in total. The van der Waals surface area contributed by atoms with E-state index in [2.05, 4.69) is 5.32 Å². The molecule has 1 saturated heterocycles. The van der Waals surface area contributed by atoms with Crippen molar-refractivity contribution in [2.75, 3.05) is 26.3 Å². The first-order valence-corrected chi connectivity index (χ1v) is 7.08. The highest BCUT2D eigenvalue weighted by molar-refractivity contribution is 5.52. The van der Waals surface area contributed by atoms with Gasteiger partial charge in [0, 0.05) is 30.5 Å². The molecule has 5 heteroatoms. The fraction of sp³-hybridized carbons (Fsp3) is 0.600. The second kappa shape index (κ2) is 5.20. The predicted molar refractivity (Wildman–Crippen MR) is 71.8 cm³/mol. The molecule has 0 bridgehead atoms. The molecule has 0 spiro atoms. The minimum absolute atomic E-state index is 0.00215. The molecule has 110 valence electrons. The number of alkyl halides is 2. The molecule has 3 rings (SSSR count). The molecule has 1 unspecified atom stereocenters. The number of ether oxygens (including phenoxy) is 2. The van der Waals surface area contributed by atoms with Gasteiger partial charge in [-0.05, 0) is 31.5 Å². The van der Waals surface area contributed by atoms with Gasteiger partial charge in [-0.1, -0.05) is 0 Å². The van der Waals surface area contributed by atoms with Crippen LogP contribution in [0.25, 0.3) is 0 Å². The molecule has 20 heavy (non-hydrogen) atoms. The van der Waals surface area contributed by atoms with E-state index in [9.17, 15) is 8.78 Å². The van der Waals surface area contributed by atoms with Gasteiger partial charge in [-0.2, -0.15) is 0 Å². The highest BCUT2D eigenvalue weighted by Gasteiger charge is 2.31. The van der Waals surface area contributed by atoms with Gasteiger partial charge in [0.05, 0.1) is 0 Å². The molecule has 2 aliphatic heterocycles. The fourth-order valence-electron chi connectivity index (χ4n) is 2.85. The summed E-state index contributed by atoms with van der Waals surface area (Å²) >= 11 is 0. The van der Waals surface area contributed by atoms with Crippen LogP contribution in [0.15, 0.2) is 12.1 Å². The first-order chi connectivity index (χ1) is 9.55. The maximum atomic E-state index is 13.7. The maximum Gasteiger partial charge on any atom is 0.270 e. The summed E-state index contributed by atoms with van der Waals surface area (Å²) < 4.78 is 38.5. The number of hydrogen-bond donors (Lipinski definition) is 1. The Labute approximate surface area is 117 Å². The first-order valence-electron chi connectivity index (χ1n) is 7.08. The van der Waals surface area contributed by atoms with Gasteiger partial charge in [0.25, 0.3) is 5.92 Å². The molecule has 1 atom stereocenters. The van der Waals surface area contributed by atoms with E-state index in [1.54, 1.807) is 6.07 Å². The summed E-state index contributed by atoms with van der Waals surface area (Å²) in [6.07, 6.45) is 2.04. The molecule has 1 aromatic rings. The van der Waals surface area contributed by atoms with Crippen LogP contribution >= 0.6 is 0 Å². The molecule has 2 aliphatic rings. The van der Waals surface area contributed by atoms with Crippen molar-refractivity contribution in [2.45, 2.75) is 31.6 Å². The predicted octanol–water partition coefficient (Wildman–Crippen LogP) is 3.04. The van der Waals surface area contributed by atoms with Gasteiger partial charge in [-0.3, -0.25) is 0 Å². The van der Waals surface area contributed by atoms with E-state index < -0.39 is 5.92 Å². The largest absolute Gasteiger partial charge is 0.486 e. The van der Waals surface area contributed by atoms with Crippen LogP contribution in [0.2, 0.25) is 0 Å². The minimum atomic E-state index is -2.87. The third-order valence-electron chi connectivity index (χ3n) is 3.91. The van der Waals surface area contributed by atoms with E-state index >= 15 is 0 Å². The zero-order valence-corrected chi connectivity index (χ0v) is 11.5. The van der Waals surface area contributed by atoms with Gasteiger partial charge in [0.15, 0.2) is 11.5 Å². The van der Waals surface area contributed by atoms with E-state index in [0.29, 0.717) is 24.7 Å². The molecule has 2 heterocycles. The van der Waals surface area contributed by atoms with Crippen molar-refractivity contribution in [1.82, 2.24) is 5.32 Å². The monoisotopic (exact) mass is 283 g/mol. The van der Waals surface area contributed by atoms with E-state index in [1.165, 1.54) is 6.07 Å². The van der Waals surface area contributed by atoms with E-state index in [-0.39, 0.29) is 11.5 Å². The van der Waals surface area contributed by atoms with Crippen molar-refractivity contribution in [3.63, 3.8) is 0 Å². The Hall–Kier alpha value is -1.36. The Morgan fingerprint density at radius 1 is 1.25 bits per heavy atom. The van der Waals surface area contributed by atoms with E-state index in [4.69, 9.17) is 9.47 Å². The quantitative estimate of drug-likeness (QED) is 0.905. The summed E-state index contributed by atoms with van der Waals surface area (Å²) in [6, 6.07) is 3.00. The summed E-state index contributed by atoms with van der Waals surface area (Å²) in [5, 5.41) is 3.31. The fourth-order valence-corrected chi connectivity index (χ4v) is 2.85. The Kier molecular flexibility index (Phi) is 3.54. The van der Waals surface area contributed by atoms with Gasteiger partial charge in [-0.15, -0.1) is 0 Å². The highest BCUT2D eigenvalue weighted by Crippen LogP contribution is 2.43. The number of piperidine rings is 1. The molecular weight excluding hydrogens is 264 g/mol. The lowest BCUT2D eigenvalue weighted by molar-refractivity contribution is 0.0167. The van der Waals surface area contributed by atoms with Crippen molar-refractivity contribution >= 4 is 0 Å². The zero-order chi connectivity index (χ0) is 14.2. The van der Waals surface area contributed by atoms with Crippen LogP contribution in [0.3, 0.4) is 0 Å². The lowest BCUT2D eigenvalue weighted by Crippen LogP contribution is -2.29. The molecule has 1 aromatic carbocycles. The smallest absolute Gasteiger partial charge is 0.270 e. The third kappa shape index (κ3) is 2.59. The SMILES string of the molecule is CC(F)(F)c1cc2c(c(C3CCCNC3)c1)OCCO2. The summed E-state index contributed by atoms with van der Waals surface area (Å²) in [4.78, 5) is 0. The van der Waals surface area contributed by atoms with Crippen LogP contribution in [-0.4, -0.2) is 26.3 Å². The molecule has 0 aliphatic carbocycles. The molecule has 0 amide bonds. The number of hydrogen-bond acceptors (Lipinski definition) is 3. The Morgan fingerprint density at radius 2 is 2.05 bits per heavy atom.